The number of benzene rings is 1. The first kappa shape index (κ1) is 10.6. The van der Waals surface area contributed by atoms with Gasteiger partial charge in [0, 0.05) is 6.07 Å². The average molecular weight is 221 g/mol. The Morgan fingerprint density at radius 1 is 1.12 bits per heavy atom. The fraction of sp³-hybridized carbons (Fsp3) is 0. The number of nitrogens with zero attached hydrogens (tertiary/aromatic N) is 4. The molecule has 1 aromatic carbocycles. The fourth-order valence-electron chi connectivity index (χ4n) is 1.22. The fourth-order valence-corrected chi connectivity index (χ4v) is 1.22. The van der Waals surface area contributed by atoms with Crippen molar-refractivity contribution in [2.45, 2.75) is 0 Å². The summed E-state index contributed by atoms with van der Waals surface area (Å²) in [6.07, 6.45) is 2.52. The minimum absolute atomic E-state index is 0.280. The molecule has 5 heteroatoms. The molecule has 0 spiro atoms. The molecule has 0 unspecified atom stereocenters. The molecule has 1 heterocycles. The van der Waals surface area contributed by atoms with E-state index < -0.39 is 0 Å². The number of aromatic nitrogens is 2. The SMILES string of the molecule is N#Cc1cc(C#N)cc(Oc2cc[c]nn2)c1. The summed E-state index contributed by atoms with van der Waals surface area (Å²) < 4.78 is 5.37. The summed E-state index contributed by atoms with van der Waals surface area (Å²) in [6.45, 7) is 0. The van der Waals surface area contributed by atoms with Crippen LogP contribution in [0, 0.1) is 28.9 Å². The normalized spacial score (nSPS) is 9.06. The van der Waals surface area contributed by atoms with Gasteiger partial charge in [0.1, 0.15) is 11.9 Å². The van der Waals surface area contributed by atoms with Gasteiger partial charge in [-0.05, 0) is 24.3 Å². The Kier molecular flexibility index (Phi) is 2.95. The molecular formula is C12H5N4O. The van der Waals surface area contributed by atoms with E-state index in [0.29, 0.717) is 16.9 Å². The molecule has 0 amide bonds. The van der Waals surface area contributed by atoms with Gasteiger partial charge in [0.15, 0.2) is 0 Å². The van der Waals surface area contributed by atoms with Crippen molar-refractivity contribution in [3.63, 3.8) is 0 Å². The first-order valence-electron chi connectivity index (χ1n) is 4.65. The van der Waals surface area contributed by atoms with Crippen LogP contribution in [0.4, 0.5) is 0 Å². The second kappa shape index (κ2) is 4.73. The van der Waals surface area contributed by atoms with Crippen LogP contribution in [0.1, 0.15) is 11.1 Å². The predicted octanol–water partition coefficient (Wildman–Crippen LogP) is 1.81. The van der Waals surface area contributed by atoms with Crippen LogP contribution < -0.4 is 4.74 Å². The number of hydrogen-bond donors (Lipinski definition) is 0. The predicted molar refractivity (Wildman–Crippen MR) is 56.8 cm³/mol. The zero-order chi connectivity index (χ0) is 12.1. The number of nitriles is 2. The van der Waals surface area contributed by atoms with Crippen LogP contribution in [0.5, 0.6) is 11.6 Å². The van der Waals surface area contributed by atoms with Crippen molar-refractivity contribution in [1.29, 1.82) is 10.5 Å². The van der Waals surface area contributed by atoms with Crippen LogP contribution in [0.15, 0.2) is 30.3 Å². The van der Waals surface area contributed by atoms with E-state index in [1.54, 1.807) is 12.1 Å². The second-order valence-electron chi connectivity index (χ2n) is 3.07. The summed E-state index contributed by atoms with van der Waals surface area (Å²) >= 11 is 0. The molecule has 1 radical (unpaired) electrons. The van der Waals surface area contributed by atoms with E-state index in [1.165, 1.54) is 18.2 Å². The van der Waals surface area contributed by atoms with Gasteiger partial charge in [0.2, 0.25) is 5.88 Å². The average Bonchev–Trinajstić information content (AvgIpc) is 2.39. The number of hydrogen-bond acceptors (Lipinski definition) is 5. The van der Waals surface area contributed by atoms with E-state index in [4.69, 9.17) is 15.3 Å². The molecule has 5 nitrogen and oxygen atoms in total. The number of rotatable bonds is 2. The van der Waals surface area contributed by atoms with Gasteiger partial charge in [-0.15, -0.1) is 10.2 Å². The van der Waals surface area contributed by atoms with Crippen LogP contribution in [0.3, 0.4) is 0 Å². The van der Waals surface area contributed by atoms with Gasteiger partial charge in [0.25, 0.3) is 0 Å². The third-order valence-corrected chi connectivity index (χ3v) is 1.89. The van der Waals surface area contributed by atoms with Crippen molar-refractivity contribution < 1.29 is 4.74 Å². The second-order valence-corrected chi connectivity index (χ2v) is 3.07. The maximum atomic E-state index is 8.80. The van der Waals surface area contributed by atoms with Crippen LogP contribution in [-0.2, 0) is 0 Å². The van der Waals surface area contributed by atoms with E-state index in [2.05, 4.69) is 16.4 Å². The van der Waals surface area contributed by atoms with Crippen LogP contribution in [-0.4, -0.2) is 10.2 Å². The lowest BCUT2D eigenvalue weighted by atomic mass is 10.1. The Hall–Kier alpha value is -2.92. The Labute approximate surface area is 97.5 Å². The highest BCUT2D eigenvalue weighted by Crippen LogP contribution is 2.21. The summed E-state index contributed by atoms with van der Waals surface area (Å²) in [5, 5.41) is 24.8. The summed E-state index contributed by atoms with van der Waals surface area (Å²) in [4.78, 5) is 0. The van der Waals surface area contributed by atoms with Crippen LogP contribution >= 0.6 is 0 Å². The minimum atomic E-state index is 0.280. The van der Waals surface area contributed by atoms with E-state index >= 15 is 0 Å². The van der Waals surface area contributed by atoms with Crippen molar-refractivity contribution in [2.75, 3.05) is 0 Å². The van der Waals surface area contributed by atoms with Gasteiger partial charge in [0.05, 0.1) is 23.3 Å². The molecule has 0 aliphatic rings. The summed E-state index contributed by atoms with van der Waals surface area (Å²) in [6, 6.07) is 11.6. The van der Waals surface area contributed by atoms with Crippen molar-refractivity contribution in [1.82, 2.24) is 10.2 Å². The third kappa shape index (κ3) is 2.55. The van der Waals surface area contributed by atoms with Crippen LogP contribution in [0.25, 0.3) is 0 Å². The maximum absolute atomic E-state index is 8.80. The van der Waals surface area contributed by atoms with Crippen molar-refractivity contribution in [2.24, 2.45) is 0 Å². The molecule has 1 aromatic heterocycles. The molecule has 0 aliphatic carbocycles. The summed E-state index contributed by atoms with van der Waals surface area (Å²) in [5.41, 5.74) is 0.712. The van der Waals surface area contributed by atoms with Crippen LogP contribution in [0.2, 0.25) is 0 Å². The highest BCUT2D eigenvalue weighted by Gasteiger charge is 2.03. The lowest BCUT2D eigenvalue weighted by Gasteiger charge is -2.03. The van der Waals surface area contributed by atoms with Gasteiger partial charge in [-0.2, -0.15) is 10.5 Å². The van der Waals surface area contributed by atoms with E-state index in [9.17, 15) is 0 Å². The molecule has 2 aromatic rings. The smallest absolute Gasteiger partial charge is 0.238 e. The molecule has 2 rings (SSSR count). The molecule has 0 atom stereocenters. The van der Waals surface area contributed by atoms with Gasteiger partial charge in [-0.3, -0.25) is 0 Å². The molecule has 0 fully saturated rings. The zero-order valence-electron chi connectivity index (χ0n) is 8.58. The first-order chi connectivity index (χ1) is 8.31. The van der Waals surface area contributed by atoms with E-state index in [0.717, 1.165) is 0 Å². The standard InChI is InChI=1S/C12H5N4O/c13-7-9-4-10(8-14)6-11(5-9)17-12-2-1-3-15-16-12/h1-2,4-6H. The summed E-state index contributed by atoms with van der Waals surface area (Å²) in [5.74, 6) is 0.656. The summed E-state index contributed by atoms with van der Waals surface area (Å²) in [7, 11) is 0. The molecule has 0 aliphatic heterocycles. The Morgan fingerprint density at radius 2 is 1.82 bits per heavy atom. The van der Waals surface area contributed by atoms with E-state index in [-0.39, 0.29) is 5.88 Å². The van der Waals surface area contributed by atoms with Crippen molar-refractivity contribution in [3.05, 3.63) is 47.7 Å². The zero-order valence-corrected chi connectivity index (χ0v) is 8.58. The van der Waals surface area contributed by atoms with Crippen molar-refractivity contribution in [3.8, 4) is 23.8 Å². The monoisotopic (exact) mass is 221 g/mol. The topological polar surface area (TPSA) is 82.6 Å². The Balaban J connectivity index is 2.34. The number of ether oxygens (including phenoxy) is 1. The molecule has 0 saturated heterocycles. The Bertz CT molecular complexity index is 578. The molecule has 0 saturated carbocycles. The highest BCUT2D eigenvalue weighted by molar-refractivity contribution is 5.46. The molecule has 79 valence electrons. The van der Waals surface area contributed by atoms with E-state index in [1.807, 2.05) is 12.1 Å². The lowest BCUT2D eigenvalue weighted by molar-refractivity contribution is 0.454. The largest absolute Gasteiger partial charge is 0.437 e. The first-order valence-corrected chi connectivity index (χ1v) is 4.65. The minimum Gasteiger partial charge on any atom is -0.437 e. The highest BCUT2D eigenvalue weighted by atomic mass is 16.5. The molecular weight excluding hydrogens is 216 g/mol. The molecule has 17 heavy (non-hydrogen) atoms. The molecule has 0 N–H and O–H groups in total. The Morgan fingerprint density at radius 3 is 2.35 bits per heavy atom. The third-order valence-electron chi connectivity index (χ3n) is 1.89. The maximum Gasteiger partial charge on any atom is 0.238 e. The van der Waals surface area contributed by atoms with Crippen molar-refractivity contribution >= 4 is 0 Å². The quantitative estimate of drug-likeness (QED) is 0.772. The van der Waals surface area contributed by atoms with Gasteiger partial charge in [-0.25, -0.2) is 0 Å². The molecule has 0 bridgehead atoms. The lowest BCUT2D eigenvalue weighted by Crippen LogP contribution is -1.91. The van der Waals surface area contributed by atoms with Gasteiger partial charge < -0.3 is 4.74 Å². The van der Waals surface area contributed by atoms with Gasteiger partial charge >= 0.3 is 0 Å². The van der Waals surface area contributed by atoms with Gasteiger partial charge in [-0.1, -0.05) is 0 Å².